The van der Waals surface area contributed by atoms with Crippen LogP contribution in [0.4, 0.5) is 0 Å². The number of rotatable bonds is 49. The first-order valence-corrected chi connectivity index (χ1v) is 35.3. The lowest BCUT2D eigenvalue weighted by molar-refractivity contribution is -0.671. The summed E-state index contributed by atoms with van der Waals surface area (Å²) in [7, 11) is 2.07. The van der Waals surface area contributed by atoms with Crippen LogP contribution in [0.3, 0.4) is 0 Å². The van der Waals surface area contributed by atoms with Crippen LogP contribution in [0.1, 0.15) is 336 Å². The number of esters is 2. The van der Waals surface area contributed by atoms with Gasteiger partial charge in [-0.2, -0.15) is 0 Å². The van der Waals surface area contributed by atoms with Gasteiger partial charge in [0.2, 0.25) is 0 Å². The van der Waals surface area contributed by atoms with Gasteiger partial charge in [0, 0.05) is 50.2 Å². The first-order chi connectivity index (χ1) is 40.2. The van der Waals surface area contributed by atoms with Crippen LogP contribution in [0.2, 0.25) is 0 Å². The topological polar surface area (TPSA) is 104 Å². The molecule has 9 nitrogen and oxygen atoms in total. The van der Waals surface area contributed by atoms with Crippen molar-refractivity contribution in [3.05, 3.63) is 70.5 Å². The van der Waals surface area contributed by atoms with Gasteiger partial charge in [0.1, 0.15) is 36.4 Å². The molecule has 0 saturated carbocycles. The van der Waals surface area contributed by atoms with Crippen LogP contribution >= 0.6 is 0 Å². The van der Waals surface area contributed by atoms with E-state index in [9.17, 15) is 9.59 Å². The van der Waals surface area contributed by atoms with E-state index in [4.69, 9.17) is 29.2 Å². The van der Waals surface area contributed by atoms with Gasteiger partial charge in [-0.1, -0.05) is 196 Å². The number of carbonyl (C=O) groups excluding carboxylic acids is 2. The minimum atomic E-state index is -0.120. The van der Waals surface area contributed by atoms with Gasteiger partial charge in [-0.25, -0.2) is 19.5 Å². The Morgan fingerprint density at radius 1 is 0.578 bits per heavy atom. The molecule has 3 heterocycles. The maximum Gasteiger partial charge on any atom is 0.311 e. The number of hydrogen-bond donors (Lipinski definition) is 0. The molecule has 0 N–H and O–H groups in total. The maximum absolute atomic E-state index is 13.2. The molecule has 0 bridgehead atoms. The lowest BCUT2D eigenvalue weighted by Crippen LogP contribution is -2.45. The molecule has 6 unspecified atom stereocenters. The molecule has 2 aliphatic rings. The number of fused-ring (bicyclic) bond motifs is 1. The van der Waals surface area contributed by atoms with Crippen molar-refractivity contribution in [1.82, 2.24) is 15.0 Å². The molecular weight excluding hydrogens is 1020 g/mol. The van der Waals surface area contributed by atoms with Crippen molar-refractivity contribution >= 4 is 11.9 Å². The van der Waals surface area contributed by atoms with Crippen molar-refractivity contribution in [2.75, 3.05) is 0 Å². The summed E-state index contributed by atoms with van der Waals surface area (Å²) in [5.74, 6) is 6.20. The summed E-state index contributed by atoms with van der Waals surface area (Å²) in [4.78, 5) is 41.2. The molecule has 1 aliphatic carbocycles. The molecule has 0 spiro atoms. The van der Waals surface area contributed by atoms with Gasteiger partial charge >= 0.3 is 11.9 Å². The van der Waals surface area contributed by atoms with E-state index in [1.165, 1.54) is 139 Å². The van der Waals surface area contributed by atoms with Crippen molar-refractivity contribution in [1.29, 1.82) is 0 Å². The largest absolute Gasteiger partial charge is 0.462 e. The molecule has 2 aromatic rings. The molecule has 0 amide bonds. The van der Waals surface area contributed by atoms with Crippen molar-refractivity contribution < 1.29 is 28.4 Å². The molecule has 2 aromatic heterocycles. The second-order valence-electron chi connectivity index (χ2n) is 27.3. The van der Waals surface area contributed by atoms with E-state index in [2.05, 4.69) is 105 Å². The van der Waals surface area contributed by atoms with Gasteiger partial charge in [0.25, 0.3) is 0 Å². The third-order valence-electron chi connectivity index (χ3n) is 18.6. The van der Waals surface area contributed by atoms with Gasteiger partial charge in [-0.05, 0) is 151 Å². The minimum absolute atomic E-state index is 0.0103. The third kappa shape index (κ3) is 32.2. The summed E-state index contributed by atoms with van der Waals surface area (Å²) in [5, 5.41) is 0. The minimum Gasteiger partial charge on any atom is -0.462 e. The predicted octanol–water partition coefficient (Wildman–Crippen LogP) is 20.2. The lowest BCUT2D eigenvalue weighted by atomic mass is 9.75. The number of aryl methyl sites for hydroxylation is 5. The Kier molecular flexibility index (Phi) is 37.5. The second kappa shape index (κ2) is 43.2. The fourth-order valence-electron chi connectivity index (χ4n) is 12.9. The third-order valence-corrected chi connectivity index (χ3v) is 18.6. The molecule has 472 valence electrons. The van der Waals surface area contributed by atoms with Crippen LogP contribution < -0.4 is 4.57 Å². The summed E-state index contributed by atoms with van der Waals surface area (Å²) in [6.45, 7) is 20.7. The molecule has 83 heavy (non-hydrogen) atoms. The molecule has 6 atom stereocenters. The molecular formula is C74H127N4O5+. The number of carbonyl (C=O) groups is 2. The number of hydrogen-bond acceptors (Lipinski definition) is 8. The Balaban J connectivity index is 1.14. The van der Waals surface area contributed by atoms with E-state index < -0.39 is 0 Å². The van der Waals surface area contributed by atoms with Crippen molar-refractivity contribution in [2.24, 2.45) is 30.7 Å². The molecule has 4 rings (SSSR count). The molecule has 0 aromatic carbocycles. The summed E-state index contributed by atoms with van der Waals surface area (Å²) < 4.78 is 21.2. The number of nitrogens with zero attached hydrogens (tertiary/aromatic N) is 4. The van der Waals surface area contributed by atoms with Crippen molar-refractivity contribution in [2.45, 2.75) is 356 Å². The summed E-state index contributed by atoms with van der Waals surface area (Å²) in [6.07, 6.45) is 54.8. The zero-order chi connectivity index (χ0) is 59.9. The highest BCUT2D eigenvalue weighted by molar-refractivity contribution is 5.71. The standard InChI is InChI=1S/C74H127N4O5/c1-11-13-15-17-21-29-45-65(44-28-16-14-12-2)81-71(79)49-33-24-19-18-22-30-46-68-75-69(77-70(76-68)48-32-26-27-43-64-52-56-78(10)57-53-64)47-31-23-20-25-34-50-72(80)82-67-58-62(7)73-66(63(67)8)51-55-74(9,83-73)54-37-42-61(6)41-36-40-60(5)39-35-38-59(3)4/h52-53,56-61,65-66,73H,11-51,54-55H2,1-10H3/q+1. The van der Waals surface area contributed by atoms with Crippen LogP contribution in [0.15, 0.2) is 47.5 Å². The highest BCUT2D eigenvalue weighted by Crippen LogP contribution is 2.45. The van der Waals surface area contributed by atoms with Gasteiger partial charge in [0.05, 0.1) is 11.7 Å². The molecule has 0 radical (unpaired) electrons. The first-order valence-electron chi connectivity index (χ1n) is 35.3. The number of allylic oxidation sites excluding steroid dienone is 1. The van der Waals surface area contributed by atoms with Crippen LogP contribution in [-0.4, -0.2) is 44.7 Å². The average molecular weight is 1150 g/mol. The Hall–Kier alpha value is -3.46. The van der Waals surface area contributed by atoms with Crippen molar-refractivity contribution in [3.8, 4) is 0 Å². The van der Waals surface area contributed by atoms with Crippen LogP contribution in [-0.2, 0) is 56.5 Å². The average Bonchev–Trinajstić information content (AvgIpc) is 3.50. The number of pyridine rings is 1. The fraction of sp³-hybridized carbons (Fsp3) is 0.811. The fourth-order valence-corrected chi connectivity index (χ4v) is 12.9. The van der Waals surface area contributed by atoms with Gasteiger partial charge in [-0.3, -0.25) is 9.59 Å². The molecule has 1 aliphatic heterocycles. The highest BCUT2D eigenvalue weighted by Gasteiger charge is 2.42. The second-order valence-corrected chi connectivity index (χ2v) is 27.3. The van der Waals surface area contributed by atoms with Gasteiger partial charge in [-0.15, -0.1) is 0 Å². The Bertz CT molecular complexity index is 2100. The van der Waals surface area contributed by atoms with Crippen molar-refractivity contribution in [3.63, 3.8) is 0 Å². The van der Waals surface area contributed by atoms with Crippen LogP contribution in [0, 0.1) is 23.7 Å². The smallest absolute Gasteiger partial charge is 0.311 e. The Morgan fingerprint density at radius 2 is 1.04 bits per heavy atom. The molecule has 1 fully saturated rings. The quantitative estimate of drug-likeness (QED) is 0.0367. The van der Waals surface area contributed by atoms with Gasteiger partial charge < -0.3 is 14.2 Å². The zero-order valence-corrected chi connectivity index (χ0v) is 55.6. The number of ether oxygens (including phenoxy) is 3. The maximum atomic E-state index is 13.2. The van der Waals surface area contributed by atoms with Crippen LogP contribution in [0.25, 0.3) is 0 Å². The number of aromatic nitrogens is 4. The molecule has 9 heteroatoms. The lowest BCUT2D eigenvalue weighted by Gasteiger charge is -2.46. The number of unbranched alkanes of at least 4 members (excludes halogenated alkanes) is 19. The van der Waals surface area contributed by atoms with Gasteiger partial charge in [0.15, 0.2) is 12.4 Å². The van der Waals surface area contributed by atoms with E-state index in [1.54, 1.807) is 0 Å². The Morgan fingerprint density at radius 3 is 1.59 bits per heavy atom. The first kappa shape index (κ1) is 72.0. The summed E-state index contributed by atoms with van der Waals surface area (Å²) >= 11 is 0. The SMILES string of the molecule is CCCCCCCCC(CCCCCC)OC(=O)CCCCCCCCc1nc(CCCCCCCC(=O)OC2=C(C)C3CCC(C)(CCCC(C)CCCC(C)CCCC(C)C)OC3C(C)=C2)nc(CCCCCc2cc[n+](C)cc2)n1. The molecule has 1 saturated heterocycles. The normalized spacial score (nSPS) is 18.3. The van der Waals surface area contributed by atoms with E-state index in [1.807, 2.05) is 0 Å². The van der Waals surface area contributed by atoms with E-state index in [0.717, 1.165) is 182 Å². The summed E-state index contributed by atoms with van der Waals surface area (Å²) in [6, 6.07) is 4.45. The van der Waals surface area contributed by atoms with E-state index >= 15 is 0 Å². The zero-order valence-electron chi connectivity index (χ0n) is 55.6. The monoisotopic (exact) mass is 1150 g/mol. The van der Waals surface area contributed by atoms with E-state index in [0.29, 0.717) is 12.8 Å². The highest BCUT2D eigenvalue weighted by atomic mass is 16.5. The van der Waals surface area contributed by atoms with Crippen LogP contribution in [0.5, 0.6) is 0 Å². The predicted molar refractivity (Wildman–Crippen MR) is 346 cm³/mol. The summed E-state index contributed by atoms with van der Waals surface area (Å²) in [5.41, 5.74) is 3.65. The Labute approximate surface area is 510 Å². The van der Waals surface area contributed by atoms with E-state index in [-0.39, 0.29) is 35.7 Å².